The first-order valence-corrected chi connectivity index (χ1v) is 7.48. The third kappa shape index (κ3) is 3.76. The molecule has 5 heteroatoms. The van der Waals surface area contributed by atoms with Crippen molar-refractivity contribution in [2.75, 3.05) is 19.6 Å². The van der Waals surface area contributed by atoms with E-state index in [0.717, 1.165) is 37.2 Å². The van der Waals surface area contributed by atoms with Crippen molar-refractivity contribution in [2.24, 2.45) is 11.8 Å². The number of hydrogen-bond donors (Lipinski definition) is 1. The molecule has 0 aliphatic carbocycles. The molecule has 0 bridgehead atoms. The van der Waals surface area contributed by atoms with Crippen LogP contribution in [0.2, 0.25) is 0 Å². The van der Waals surface area contributed by atoms with Gasteiger partial charge in [-0.2, -0.15) is 5.10 Å². The molecule has 106 valence electrons. The number of nitrogens with zero attached hydrogens (tertiary/aromatic N) is 3. The van der Waals surface area contributed by atoms with Gasteiger partial charge < -0.3 is 9.47 Å². The van der Waals surface area contributed by atoms with Crippen molar-refractivity contribution in [1.29, 1.82) is 0 Å². The lowest BCUT2D eigenvalue weighted by atomic mass is 9.92. The highest BCUT2D eigenvalue weighted by molar-refractivity contribution is 7.71. The van der Waals surface area contributed by atoms with E-state index in [1.807, 2.05) is 10.6 Å². The van der Waals surface area contributed by atoms with Gasteiger partial charge in [-0.15, -0.1) is 6.58 Å². The maximum absolute atomic E-state index is 5.23. The summed E-state index contributed by atoms with van der Waals surface area (Å²) in [6.07, 6.45) is 4.16. The van der Waals surface area contributed by atoms with E-state index in [-0.39, 0.29) is 0 Å². The zero-order valence-corrected chi connectivity index (χ0v) is 12.7. The lowest BCUT2D eigenvalue weighted by Gasteiger charge is -2.34. The highest BCUT2D eigenvalue weighted by atomic mass is 32.1. The highest BCUT2D eigenvalue weighted by Gasteiger charge is 2.21. The number of hydrogen-bond acceptors (Lipinski definition) is 3. The van der Waals surface area contributed by atoms with Gasteiger partial charge in [-0.25, -0.2) is 0 Å². The van der Waals surface area contributed by atoms with E-state index in [9.17, 15) is 0 Å². The number of nitrogens with one attached hydrogen (secondary N) is 1. The molecular weight excluding hydrogens is 256 g/mol. The van der Waals surface area contributed by atoms with Gasteiger partial charge in [0.05, 0.1) is 0 Å². The van der Waals surface area contributed by atoms with Gasteiger partial charge >= 0.3 is 0 Å². The summed E-state index contributed by atoms with van der Waals surface area (Å²) in [7, 11) is 0. The summed E-state index contributed by atoms with van der Waals surface area (Å²) in [6, 6.07) is 0. The van der Waals surface area contributed by atoms with Crippen LogP contribution in [0.1, 0.15) is 26.1 Å². The Hall–Kier alpha value is -0.940. The Bertz CT molecular complexity index is 466. The summed E-state index contributed by atoms with van der Waals surface area (Å²) in [5.74, 6) is 2.64. The molecule has 2 unspecified atom stereocenters. The van der Waals surface area contributed by atoms with Crippen LogP contribution in [0.15, 0.2) is 12.7 Å². The van der Waals surface area contributed by atoms with Crippen LogP contribution < -0.4 is 0 Å². The van der Waals surface area contributed by atoms with Crippen LogP contribution >= 0.6 is 12.2 Å². The van der Waals surface area contributed by atoms with Crippen LogP contribution in [-0.2, 0) is 13.0 Å². The van der Waals surface area contributed by atoms with Crippen molar-refractivity contribution < 1.29 is 0 Å². The second-order valence-electron chi connectivity index (χ2n) is 5.80. The molecule has 19 heavy (non-hydrogen) atoms. The molecule has 1 aromatic heterocycles. The molecule has 1 fully saturated rings. The average molecular weight is 280 g/mol. The fraction of sp³-hybridized carbons (Fsp3) is 0.714. The number of piperidine rings is 1. The predicted molar refractivity (Wildman–Crippen MR) is 80.7 cm³/mol. The monoisotopic (exact) mass is 280 g/mol. The van der Waals surface area contributed by atoms with Crippen molar-refractivity contribution >= 4 is 12.2 Å². The van der Waals surface area contributed by atoms with Gasteiger partial charge in [0.1, 0.15) is 5.82 Å². The van der Waals surface area contributed by atoms with E-state index in [1.54, 1.807) is 0 Å². The molecule has 0 radical (unpaired) electrons. The molecule has 0 aromatic carbocycles. The Morgan fingerprint density at radius 1 is 1.42 bits per heavy atom. The lowest BCUT2D eigenvalue weighted by Crippen LogP contribution is -2.39. The van der Waals surface area contributed by atoms with Crippen LogP contribution in [-0.4, -0.2) is 39.3 Å². The van der Waals surface area contributed by atoms with Crippen LogP contribution in [0.3, 0.4) is 0 Å². The summed E-state index contributed by atoms with van der Waals surface area (Å²) in [5.41, 5.74) is 0. The van der Waals surface area contributed by atoms with Gasteiger partial charge in [0.25, 0.3) is 0 Å². The minimum absolute atomic E-state index is 0.690. The molecule has 2 rings (SSSR count). The highest BCUT2D eigenvalue weighted by Crippen LogP contribution is 2.20. The van der Waals surface area contributed by atoms with Crippen molar-refractivity contribution in [2.45, 2.75) is 33.2 Å². The Morgan fingerprint density at radius 2 is 2.11 bits per heavy atom. The van der Waals surface area contributed by atoms with Crippen molar-refractivity contribution in [3.8, 4) is 0 Å². The zero-order valence-electron chi connectivity index (χ0n) is 11.9. The summed E-state index contributed by atoms with van der Waals surface area (Å²) in [6.45, 7) is 12.7. The standard InChI is InChI=1S/C14H24N4S/c1-4-6-18-13(15-16-14(18)19)5-7-17-9-11(2)8-12(3)10-17/h4,11-12H,1,5-10H2,2-3H3,(H,16,19). The quantitative estimate of drug-likeness (QED) is 0.665. The first-order chi connectivity index (χ1) is 9.10. The Balaban J connectivity index is 1.95. The first kappa shape index (κ1) is 14.5. The molecular formula is C14H24N4S. The number of likely N-dealkylation sites (tertiary alicyclic amines) is 1. The van der Waals surface area contributed by atoms with Gasteiger partial charge in [0.15, 0.2) is 4.77 Å². The first-order valence-electron chi connectivity index (χ1n) is 7.07. The molecule has 1 saturated heterocycles. The molecule has 4 nitrogen and oxygen atoms in total. The second kappa shape index (κ2) is 6.48. The molecule has 0 spiro atoms. The van der Waals surface area contributed by atoms with Crippen LogP contribution in [0.4, 0.5) is 0 Å². The molecule has 2 atom stereocenters. The van der Waals surface area contributed by atoms with Gasteiger partial charge in [0, 0.05) is 32.6 Å². The van der Waals surface area contributed by atoms with E-state index < -0.39 is 0 Å². The van der Waals surface area contributed by atoms with Gasteiger partial charge in [-0.1, -0.05) is 19.9 Å². The van der Waals surface area contributed by atoms with Crippen molar-refractivity contribution in [3.63, 3.8) is 0 Å². The Kier molecular flexibility index (Phi) is 4.93. The normalized spacial score (nSPS) is 24.5. The molecule has 1 aromatic rings. The maximum atomic E-state index is 5.23. The minimum Gasteiger partial charge on any atom is -0.302 e. The number of aromatic nitrogens is 3. The second-order valence-corrected chi connectivity index (χ2v) is 6.19. The SMILES string of the molecule is C=CCn1c(CCN2CC(C)CC(C)C2)n[nH]c1=S. The van der Waals surface area contributed by atoms with Gasteiger partial charge in [0.2, 0.25) is 0 Å². The van der Waals surface area contributed by atoms with E-state index in [0.29, 0.717) is 4.77 Å². The van der Waals surface area contributed by atoms with Crippen LogP contribution in [0, 0.1) is 16.6 Å². The molecule has 1 aliphatic heterocycles. The maximum Gasteiger partial charge on any atom is 0.195 e. The van der Waals surface area contributed by atoms with Crippen LogP contribution in [0.25, 0.3) is 0 Å². The van der Waals surface area contributed by atoms with Gasteiger partial charge in [-0.05, 0) is 30.5 Å². The predicted octanol–water partition coefficient (Wildman–Crippen LogP) is 2.65. The molecule has 0 amide bonds. The lowest BCUT2D eigenvalue weighted by molar-refractivity contribution is 0.141. The summed E-state index contributed by atoms with van der Waals surface area (Å²) >= 11 is 5.23. The third-order valence-electron chi connectivity index (χ3n) is 3.75. The summed E-state index contributed by atoms with van der Waals surface area (Å²) in [5, 5.41) is 7.20. The Labute approximate surface area is 120 Å². The van der Waals surface area contributed by atoms with E-state index in [4.69, 9.17) is 12.2 Å². The van der Waals surface area contributed by atoms with E-state index in [1.165, 1.54) is 19.5 Å². The van der Waals surface area contributed by atoms with E-state index in [2.05, 4.69) is 35.5 Å². The number of allylic oxidation sites excluding steroid dienone is 1. The largest absolute Gasteiger partial charge is 0.302 e. The number of rotatable bonds is 5. The number of H-pyrrole nitrogens is 1. The minimum atomic E-state index is 0.690. The zero-order chi connectivity index (χ0) is 13.8. The molecule has 1 aliphatic rings. The summed E-state index contributed by atoms with van der Waals surface area (Å²) in [4.78, 5) is 2.55. The molecule has 0 saturated carbocycles. The number of aromatic amines is 1. The smallest absolute Gasteiger partial charge is 0.195 e. The van der Waals surface area contributed by atoms with Crippen molar-refractivity contribution in [3.05, 3.63) is 23.3 Å². The topological polar surface area (TPSA) is 36.9 Å². The average Bonchev–Trinajstić information content (AvgIpc) is 2.68. The van der Waals surface area contributed by atoms with Crippen molar-refractivity contribution in [1.82, 2.24) is 19.7 Å². The Morgan fingerprint density at radius 3 is 2.74 bits per heavy atom. The van der Waals surface area contributed by atoms with Gasteiger partial charge in [-0.3, -0.25) is 5.10 Å². The van der Waals surface area contributed by atoms with E-state index >= 15 is 0 Å². The fourth-order valence-corrected chi connectivity index (χ4v) is 3.32. The third-order valence-corrected chi connectivity index (χ3v) is 4.06. The molecule has 2 heterocycles. The summed E-state index contributed by atoms with van der Waals surface area (Å²) < 4.78 is 2.72. The van der Waals surface area contributed by atoms with Crippen LogP contribution in [0.5, 0.6) is 0 Å². The molecule has 1 N–H and O–H groups in total. The fourth-order valence-electron chi connectivity index (χ4n) is 3.09.